The summed E-state index contributed by atoms with van der Waals surface area (Å²) in [5.74, 6) is -0.747. The minimum absolute atomic E-state index is 0.120. The normalized spacial score (nSPS) is 19.0. The number of carbonyl (C=O) groups excluding carboxylic acids is 1. The molecule has 0 radical (unpaired) electrons. The van der Waals surface area contributed by atoms with Crippen molar-refractivity contribution >= 4 is 12.0 Å². The predicted octanol–water partition coefficient (Wildman–Crippen LogP) is 1.34. The van der Waals surface area contributed by atoms with Crippen LogP contribution in [0.25, 0.3) is 0 Å². The molecule has 1 rings (SSSR count). The Labute approximate surface area is 95.6 Å². The summed E-state index contributed by atoms with van der Waals surface area (Å²) < 4.78 is 0. The summed E-state index contributed by atoms with van der Waals surface area (Å²) in [5, 5.41) is 14.2. The molecule has 0 aromatic carbocycles. The summed E-state index contributed by atoms with van der Waals surface area (Å²) in [6, 6.07) is -1.18. The van der Waals surface area contributed by atoms with Crippen molar-refractivity contribution < 1.29 is 14.7 Å². The largest absolute Gasteiger partial charge is 0.480 e. The van der Waals surface area contributed by atoms with E-state index in [0.717, 1.165) is 12.8 Å². The first-order chi connectivity index (χ1) is 7.32. The zero-order valence-corrected chi connectivity index (χ0v) is 10.0. The average molecular weight is 228 g/mol. The van der Waals surface area contributed by atoms with Crippen molar-refractivity contribution in [2.45, 2.75) is 51.6 Å². The van der Waals surface area contributed by atoms with Crippen LogP contribution in [0.5, 0.6) is 0 Å². The molecular formula is C11H20N2O3. The molecule has 3 N–H and O–H groups in total. The average Bonchev–Trinajstić information content (AvgIpc) is 2.80. The van der Waals surface area contributed by atoms with E-state index >= 15 is 0 Å². The standard InChI is InChI=1S/C11H20N2O3/c1-7(2)6-8(9(14)15)12-10(16)13-11(3)4-5-11/h7-8H,4-6H2,1-3H3,(H,14,15)(H2,12,13,16)/t8-/m0/s1. The third kappa shape index (κ3) is 4.08. The van der Waals surface area contributed by atoms with Gasteiger partial charge in [0, 0.05) is 5.54 Å². The predicted molar refractivity (Wildman–Crippen MR) is 60.2 cm³/mol. The first-order valence-corrected chi connectivity index (χ1v) is 5.64. The Balaban J connectivity index is 2.41. The van der Waals surface area contributed by atoms with Gasteiger partial charge in [0.15, 0.2) is 0 Å². The van der Waals surface area contributed by atoms with Gasteiger partial charge < -0.3 is 15.7 Å². The highest BCUT2D eigenvalue weighted by Crippen LogP contribution is 2.34. The minimum atomic E-state index is -0.982. The summed E-state index contributed by atoms with van der Waals surface area (Å²) >= 11 is 0. The maximum absolute atomic E-state index is 11.5. The maximum Gasteiger partial charge on any atom is 0.326 e. The molecule has 5 heteroatoms. The van der Waals surface area contributed by atoms with E-state index in [9.17, 15) is 9.59 Å². The van der Waals surface area contributed by atoms with Gasteiger partial charge in [-0.15, -0.1) is 0 Å². The molecule has 0 aliphatic heterocycles. The number of nitrogens with one attached hydrogen (secondary N) is 2. The lowest BCUT2D eigenvalue weighted by atomic mass is 10.0. The van der Waals surface area contributed by atoms with Crippen LogP contribution in [0, 0.1) is 5.92 Å². The number of amides is 2. The van der Waals surface area contributed by atoms with E-state index in [1.807, 2.05) is 20.8 Å². The van der Waals surface area contributed by atoms with E-state index in [2.05, 4.69) is 10.6 Å². The molecule has 92 valence electrons. The Morgan fingerprint density at radius 3 is 2.31 bits per heavy atom. The molecule has 16 heavy (non-hydrogen) atoms. The Morgan fingerprint density at radius 1 is 1.38 bits per heavy atom. The second-order valence-corrected chi connectivity index (χ2v) is 5.18. The zero-order chi connectivity index (χ0) is 12.3. The molecular weight excluding hydrogens is 208 g/mol. The SMILES string of the molecule is CC(C)C[C@H](NC(=O)NC1(C)CC1)C(=O)O. The van der Waals surface area contributed by atoms with E-state index in [1.54, 1.807) is 0 Å². The molecule has 1 aliphatic rings. The fourth-order valence-electron chi connectivity index (χ4n) is 1.47. The van der Waals surface area contributed by atoms with Crippen LogP contribution in [0.3, 0.4) is 0 Å². The molecule has 0 unspecified atom stereocenters. The van der Waals surface area contributed by atoms with Gasteiger partial charge in [0.2, 0.25) is 0 Å². The van der Waals surface area contributed by atoms with E-state index in [0.29, 0.717) is 6.42 Å². The van der Waals surface area contributed by atoms with E-state index in [-0.39, 0.29) is 17.5 Å². The van der Waals surface area contributed by atoms with Crippen molar-refractivity contribution in [1.82, 2.24) is 10.6 Å². The van der Waals surface area contributed by atoms with Crippen molar-refractivity contribution in [3.63, 3.8) is 0 Å². The second kappa shape index (κ2) is 4.72. The van der Waals surface area contributed by atoms with Crippen LogP contribution in [0.4, 0.5) is 4.79 Å². The molecule has 1 saturated carbocycles. The van der Waals surface area contributed by atoms with Crippen molar-refractivity contribution in [2.75, 3.05) is 0 Å². The molecule has 0 saturated heterocycles. The van der Waals surface area contributed by atoms with Crippen LogP contribution in [0.15, 0.2) is 0 Å². The molecule has 1 fully saturated rings. The number of carboxylic acids is 1. The Hall–Kier alpha value is -1.26. The topological polar surface area (TPSA) is 78.4 Å². The first kappa shape index (κ1) is 12.8. The third-order valence-corrected chi connectivity index (χ3v) is 2.73. The molecule has 1 atom stereocenters. The minimum Gasteiger partial charge on any atom is -0.480 e. The zero-order valence-electron chi connectivity index (χ0n) is 10.0. The van der Waals surface area contributed by atoms with Crippen LogP contribution in [0.2, 0.25) is 0 Å². The lowest BCUT2D eigenvalue weighted by Gasteiger charge is -2.19. The van der Waals surface area contributed by atoms with Crippen LogP contribution < -0.4 is 10.6 Å². The Kier molecular flexibility index (Phi) is 3.78. The van der Waals surface area contributed by atoms with Crippen molar-refractivity contribution in [3.8, 4) is 0 Å². The van der Waals surface area contributed by atoms with Gasteiger partial charge in [0.25, 0.3) is 0 Å². The number of urea groups is 1. The fourth-order valence-corrected chi connectivity index (χ4v) is 1.47. The fraction of sp³-hybridized carbons (Fsp3) is 0.818. The summed E-state index contributed by atoms with van der Waals surface area (Å²) in [6.07, 6.45) is 2.37. The molecule has 1 aliphatic carbocycles. The molecule has 0 aromatic heterocycles. The molecule has 0 bridgehead atoms. The van der Waals surface area contributed by atoms with Crippen LogP contribution in [-0.2, 0) is 4.79 Å². The highest BCUT2D eigenvalue weighted by molar-refractivity contribution is 5.83. The summed E-state index contributed by atoms with van der Waals surface area (Å²) in [4.78, 5) is 22.4. The second-order valence-electron chi connectivity index (χ2n) is 5.18. The van der Waals surface area contributed by atoms with Gasteiger partial charge in [-0.3, -0.25) is 0 Å². The van der Waals surface area contributed by atoms with Gasteiger partial charge in [-0.25, -0.2) is 9.59 Å². The van der Waals surface area contributed by atoms with Crippen molar-refractivity contribution in [3.05, 3.63) is 0 Å². The number of hydrogen-bond acceptors (Lipinski definition) is 2. The Bertz CT molecular complexity index is 285. The number of hydrogen-bond donors (Lipinski definition) is 3. The Morgan fingerprint density at radius 2 is 1.94 bits per heavy atom. The molecule has 2 amide bonds. The molecule has 5 nitrogen and oxygen atoms in total. The van der Waals surface area contributed by atoms with E-state index in [1.165, 1.54) is 0 Å². The number of carboxylic acid groups (broad SMARTS) is 1. The van der Waals surface area contributed by atoms with Crippen LogP contribution in [-0.4, -0.2) is 28.7 Å². The van der Waals surface area contributed by atoms with Gasteiger partial charge in [-0.05, 0) is 32.1 Å². The lowest BCUT2D eigenvalue weighted by molar-refractivity contribution is -0.139. The quantitative estimate of drug-likeness (QED) is 0.664. The maximum atomic E-state index is 11.5. The highest BCUT2D eigenvalue weighted by Gasteiger charge is 2.39. The van der Waals surface area contributed by atoms with Crippen LogP contribution in [0.1, 0.15) is 40.0 Å². The summed E-state index contributed by atoms with van der Waals surface area (Å²) in [7, 11) is 0. The summed E-state index contributed by atoms with van der Waals surface area (Å²) in [6.45, 7) is 5.81. The van der Waals surface area contributed by atoms with Gasteiger partial charge in [0.05, 0.1) is 0 Å². The van der Waals surface area contributed by atoms with E-state index < -0.39 is 12.0 Å². The monoisotopic (exact) mass is 228 g/mol. The van der Waals surface area contributed by atoms with Gasteiger partial charge in [-0.1, -0.05) is 13.8 Å². The molecule has 0 heterocycles. The number of aliphatic carboxylic acids is 1. The van der Waals surface area contributed by atoms with Gasteiger partial charge >= 0.3 is 12.0 Å². The van der Waals surface area contributed by atoms with Crippen molar-refractivity contribution in [2.24, 2.45) is 5.92 Å². The van der Waals surface area contributed by atoms with Crippen LogP contribution >= 0.6 is 0 Å². The first-order valence-electron chi connectivity index (χ1n) is 5.64. The summed E-state index contributed by atoms with van der Waals surface area (Å²) in [5.41, 5.74) is -0.120. The smallest absolute Gasteiger partial charge is 0.326 e. The van der Waals surface area contributed by atoms with Gasteiger partial charge in [0.1, 0.15) is 6.04 Å². The number of rotatable bonds is 5. The molecule has 0 spiro atoms. The number of carbonyl (C=O) groups is 2. The van der Waals surface area contributed by atoms with Gasteiger partial charge in [-0.2, -0.15) is 0 Å². The molecule has 0 aromatic rings. The highest BCUT2D eigenvalue weighted by atomic mass is 16.4. The lowest BCUT2D eigenvalue weighted by Crippen LogP contribution is -2.49. The van der Waals surface area contributed by atoms with E-state index in [4.69, 9.17) is 5.11 Å². The van der Waals surface area contributed by atoms with Crippen molar-refractivity contribution in [1.29, 1.82) is 0 Å². The third-order valence-electron chi connectivity index (χ3n) is 2.73.